The molecule has 0 spiro atoms. The van der Waals surface area contributed by atoms with Gasteiger partial charge in [0.2, 0.25) is 0 Å². The maximum Gasteiger partial charge on any atom is 0.0823 e. The molecule has 0 aromatic carbocycles. The summed E-state index contributed by atoms with van der Waals surface area (Å²) < 4.78 is 5.15. The Morgan fingerprint density at radius 2 is 1.90 bits per heavy atom. The van der Waals surface area contributed by atoms with Crippen molar-refractivity contribution in [1.82, 2.24) is 4.90 Å². The van der Waals surface area contributed by atoms with Gasteiger partial charge in [0.05, 0.1) is 18.7 Å². The second kappa shape index (κ2) is 5.19. The predicted octanol–water partition coefficient (Wildman–Crippen LogP) is 1.33. The van der Waals surface area contributed by atoms with E-state index in [0.717, 1.165) is 26.3 Å². The van der Waals surface area contributed by atoms with E-state index < -0.39 is 0 Å². The van der Waals surface area contributed by atoms with Gasteiger partial charge in [0.15, 0.2) is 0 Å². The van der Waals surface area contributed by atoms with Crippen LogP contribution in [0.25, 0.3) is 0 Å². The van der Waals surface area contributed by atoms with E-state index in [-0.39, 0.29) is 17.9 Å². The van der Waals surface area contributed by atoms with Gasteiger partial charge in [-0.05, 0) is 6.92 Å². The molecule has 0 aromatic heterocycles. The first kappa shape index (κ1) is 10.5. The van der Waals surface area contributed by atoms with Crippen LogP contribution in [0.1, 0.15) is 6.92 Å². The van der Waals surface area contributed by atoms with Gasteiger partial charge in [-0.1, -0.05) is 0 Å². The van der Waals surface area contributed by atoms with Gasteiger partial charge < -0.3 is 4.74 Å². The normalized spacial score (nSPS) is 23.4. The predicted molar refractivity (Wildman–Crippen MR) is 45.0 cm³/mol. The van der Waals surface area contributed by atoms with Crippen LogP contribution in [0.4, 0.5) is 0 Å². The SMILES string of the molecule is C[C@H](Cl)N1CCOCC1.Cl. The van der Waals surface area contributed by atoms with E-state index in [1.54, 1.807) is 0 Å². The molecule has 0 radical (unpaired) electrons. The lowest BCUT2D eigenvalue weighted by Crippen LogP contribution is -2.39. The van der Waals surface area contributed by atoms with Gasteiger partial charge in [-0.25, -0.2) is 0 Å². The summed E-state index contributed by atoms with van der Waals surface area (Å²) in [6.07, 6.45) is 0. The average Bonchev–Trinajstić information content (AvgIpc) is 1.90. The number of hydrogen-bond acceptors (Lipinski definition) is 2. The summed E-state index contributed by atoms with van der Waals surface area (Å²) in [7, 11) is 0. The molecule has 0 N–H and O–H groups in total. The van der Waals surface area contributed by atoms with Crippen molar-refractivity contribution in [3.63, 3.8) is 0 Å². The van der Waals surface area contributed by atoms with Crippen LogP contribution in [-0.2, 0) is 4.74 Å². The second-order valence-electron chi connectivity index (χ2n) is 2.22. The van der Waals surface area contributed by atoms with Crippen LogP contribution in [0.2, 0.25) is 0 Å². The van der Waals surface area contributed by atoms with Crippen molar-refractivity contribution >= 4 is 24.0 Å². The molecule has 1 atom stereocenters. The Balaban J connectivity index is 0.000000810. The molecule has 1 aliphatic heterocycles. The number of morpholine rings is 1. The van der Waals surface area contributed by atoms with E-state index in [2.05, 4.69) is 4.90 Å². The second-order valence-corrected chi connectivity index (χ2v) is 2.85. The monoisotopic (exact) mass is 185 g/mol. The van der Waals surface area contributed by atoms with Gasteiger partial charge >= 0.3 is 0 Å². The van der Waals surface area contributed by atoms with E-state index in [1.807, 2.05) is 6.92 Å². The fourth-order valence-electron chi connectivity index (χ4n) is 0.933. The molecular formula is C6H13Cl2NO. The molecule has 62 valence electrons. The zero-order chi connectivity index (χ0) is 6.69. The Hall–Kier alpha value is 0.500. The smallest absolute Gasteiger partial charge is 0.0823 e. The first-order valence-electron chi connectivity index (χ1n) is 3.26. The number of halogens is 2. The van der Waals surface area contributed by atoms with Crippen LogP contribution in [0.3, 0.4) is 0 Å². The summed E-state index contributed by atoms with van der Waals surface area (Å²) in [6, 6.07) is 0. The van der Waals surface area contributed by atoms with Crippen molar-refractivity contribution in [3.8, 4) is 0 Å². The topological polar surface area (TPSA) is 12.5 Å². The maximum absolute atomic E-state index is 5.83. The third-order valence-electron chi connectivity index (χ3n) is 1.55. The summed E-state index contributed by atoms with van der Waals surface area (Å²) in [4.78, 5) is 2.20. The third kappa shape index (κ3) is 3.06. The average molecular weight is 186 g/mol. The molecule has 4 heteroatoms. The zero-order valence-corrected chi connectivity index (χ0v) is 7.62. The minimum Gasteiger partial charge on any atom is -0.379 e. The summed E-state index contributed by atoms with van der Waals surface area (Å²) >= 11 is 5.83. The van der Waals surface area contributed by atoms with Crippen molar-refractivity contribution < 1.29 is 4.74 Å². The lowest BCUT2D eigenvalue weighted by Gasteiger charge is -2.28. The molecule has 1 aliphatic rings. The van der Waals surface area contributed by atoms with E-state index in [9.17, 15) is 0 Å². The van der Waals surface area contributed by atoms with Crippen molar-refractivity contribution in [3.05, 3.63) is 0 Å². The molecule has 0 saturated carbocycles. The third-order valence-corrected chi connectivity index (χ3v) is 1.82. The standard InChI is InChI=1S/C6H12ClNO.ClH/c1-6(7)8-2-4-9-5-3-8;/h6H,2-5H2,1H3;1H/t6-;/m1./s1. The lowest BCUT2D eigenvalue weighted by molar-refractivity contribution is 0.0340. The highest BCUT2D eigenvalue weighted by atomic mass is 35.5. The fourth-order valence-corrected chi connectivity index (χ4v) is 1.13. The molecule has 1 rings (SSSR count). The Morgan fingerprint density at radius 3 is 2.20 bits per heavy atom. The first-order valence-corrected chi connectivity index (χ1v) is 3.70. The minimum absolute atomic E-state index is 0. The molecule has 0 amide bonds. The molecule has 0 aliphatic carbocycles. The Morgan fingerprint density at radius 1 is 1.40 bits per heavy atom. The van der Waals surface area contributed by atoms with Crippen LogP contribution in [0, 0.1) is 0 Å². The molecule has 1 saturated heterocycles. The largest absolute Gasteiger partial charge is 0.379 e. The number of nitrogens with zero attached hydrogens (tertiary/aromatic N) is 1. The molecule has 0 bridgehead atoms. The van der Waals surface area contributed by atoms with Gasteiger partial charge in [-0.3, -0.25) is 4.90 Å². The van der Waals surface area contributed by atoms with Crippen molar-refractivity contribution in [2.75, 3.05) is 26.3 Å². The van der Waals surface area contributed by atoms with Crippen LogP contribution >= 0.6 is 24.0 Å². The van der Waals surface area contributed by atoms with Crippen LogP contribution in [0.15, 0.2) is 0 Å². The van der Waals surface area contributed by atoms with E-state index in [0.29, 0.717) is 0 Å². The van der Waals surface area contributed by atoms with Gasteiger partial charge in [0.25, 0.3) is 0 Å². The maximum atomic E-state index is 5.83. The van der Waals surface area contributed by atoms with Gasteiger partial charge in [0.1, 0.15) is 0 Å². The molecule has 1 fully saturated rings. The minimum atomic E-state index is 0. The number of ether oxygens (including phenoxy) is 1. The molecular weight excluding hydrogens is 173 g/mol. The Bertz CT molecular complexity index is 83.8. The summed E-state index contributed by atoms with van der Waals surface area (Å²) in [5, 5.41) is 0. The molecule has 10 heavy (non-hydrogen) atoms. The van der Waals surface area contributed by atoms with Crippen molar-refractivity contribution in [1.29, 1.82) is 0 Å². The zero-order valence-electron chi connectivity index (χ0n) is 6.05. The van der Waals surface area contributed by atoms with Crippen LogP contribution in [0.5, 0.6) is 0 Å². The number of hydrogen-bond donors (Lipinski definition) is 0. The summed E-state index contributed by atoms with van der Waals surface area (Å²) in [6.45, 7) is 5.61. The lowest BCUT2D eigenvalue weighted by atomic mass is 10.4. The molecule has 0 aromatic rings. The number of rotatable bonds is 1. The van der Waals surface area contributed by atoms with Gasteiger partial charge in [-0.2, -0.15) is 0 Å². The summed E-state index contributed by atoms with van der Waals surface area (Å²) in [5.74, 6) is 0. The van der Waals surface area contributed by atoms with E-state index >= 15 is 0 Å². The highest BCUT2D eigenvalue weighted by molar-refractivity contribution is 6.20. The Kier molecular flexibility index (Phi) is 5.45. The molecule has 0 unspecified atom stereocenters. The van der Waals surface area contributed by atoms with Crippen molar-refractivity contribution in [2.45, 2.75) is 12.4 Å². The van der Waals surface area contributed by atoms with Gasteiger partial charge in [0, 0.05) is 13.1 Å². The van der Waals surface area contributed by atoms with Gasteiger partial charge in [-0.15, -0.1) is 24.0 Å². The van der Waals surface area contributed by atoms with Crippen molar-refractivity contribution in [2.24, 2.45) is 0 Å². The van der Waals surface area contributed by atoms with E-state index in [1.165, 1.54) is 0 Å². The van der Waals surface area contributed by atoms with Crippen LogP contribution in [-0.4, -0.2) is 36.7 Å². The van der Waals surface area contributed by atoms with Crippen LogP contribution < -0.4 is 0 Å². The number of alkyl halides is 1. The highest BCUT2D eigenvalue weighted by Gasteiger charge is 2.13. The first-order chi connectivity index (χ1) is 4.30. The fraction of sp³-hybridized carbons (Fsp3) is 1.00. The van der Waals surface area contributed by atoms with E-state index in [4.69, 9.17) is 16.3 Å². The molecule has 2 nitrogen and oxygen atoms in total. The Labute approximate surface area is 72.9 Å². The summed E-state index contributed by atoms with van der Waals surface area (Å²) in [5.41, 5.74) is 0.161. The highest BCUT2D eigenvalue weighted by Crippen LogP contribution is 2.05. The quantitative estimate of drug-likeness (QED) is 0.452. The molecule has 1 heterocycles.